The molecule has 178 valence electrons. The van der Waals surface area contributed by atoms with Crippen LogP contribution < -0.4 is 5.32 Å². The Morgan fingerprint density at radius 1 is 1.12 bits per heavy atom. The number of nitrogens with one attached hydrogen (secondary N) is 1. The number of alkyl halides is 1. The molecule has 0 unspecified atom stereocenters. The molecule has 9 heteroatoms. The first-order valence-electron chi connectivity index (χ1n) is 10.5. The number of ether oxygens (including phenoxy) is 2. The second-order valence-electron chi connectivity index (χ2n) is 8.31. The molecule has 0 aliphatic rings. The van der Waals surface area contributed by atoms with E-state index in [2.05, 4.69) is 15.2 Å². The number of halogens is 1. The number of hydrogen-bond donors (Lipinski definition) is 1. The molecule has 3 rings (SSSR count). The molecule has 3 aromatic rings. The lowest BCUT2D eigenvalue weighted by Gasteiger charge is -2.25. The Kier molecular flexibility index (Phi) is 7.73. The lowest BCUT2D eigenvalue weighted by molar-refractivity contribution is -0.142. The standard InChI is InChI=1S/C25H26ClN3O5/c1-25(2,15-34-22(31)14-26)27-24(32)23-19-11-10-18(13-20(19)29(3)28-23)17-8-5-16(6-9-17)7-12-21(30)33-4/h5-13H,14-15H2,1-4H3,(H,27,32)/b12-7+. The Morgan fingerprint density at radius 3 is 2.44 bits per heavy atom. The molecular formula is C25H26ClN3O5. The van der Waals surface area contributed by atoms with Crippen LogP contribution in [0.25, 0.3) is 28.1 Å². The van der Waals surface area contributed by atoms with Gasteiger partial charge in [0.25, 0.3) is 5.91 Å². The number of benzene rings is 2. The number of carbonyl (C=O) groups excluding carboxylic acids is 3. The van der Waals surface area contributed by atoms with E-state index in [0.29, 0.717) is 5.39 Å². The van der Waals surface area contributed by atoms with Crippen LogP contribution in [0.5, 0.6) is 0 Å². The van der Waals surface area contributed by atoms with Crippen LogP contribution in [0.4, 0.5) is 0 Å². The fourth-order valence-corrected chi connectivity index (χ4v) is 3.40. The van der Waals surface area contributed by atoms with Gasteiger partial charge < -0.3 is 14.8 Å². The Hall–Kier alpha value is -3.65. The smallest absolute Gasteiger partial charge is 0.330 e. The van der Waals surface area contributed by atoms with Gasteiger partial charge in [0.2, 0.25) is 0 Å². The zero-order valence-corrected chi connectivity index (χ0v) is 20.2. The monoisotopic (exact) mass is 483 g/mol. The van der Waals surface area contributed by atoms with E-state index in [1.165, 1.54) is 13.2 Å². The van der Waals surface area contributed by atoms with Gasteiger partial charge in [-0.15, -0.1) is 11.6 Å². The van der Waals surface area contributed by atoms with Gasteiger partial charge in [0.1, 0.15) is 12.5 Å². The summed E-state index contributed by atoms with van der Waals surface area (Å²) in [5.41, 5.74) is 3.08. The van der Waals surface area contributed by atoms with Gasteiger partial charge in [-0.1, -0.05) is 30.3 Å². The fourth-order valence-electron chi connectivity index (χ4n) is 3.33. The Balaban J connectivity index is 1.81. The fraction of sp³-hybridized carbons (Fsp3) is 0.280. The number of esters is 2. The van der Waals surface area contributed by atoms with Gasteiger partial charge in [-0.2, -0.15) is 5.10 Å². The van der Waals surface area contributed by atoms with E-state index < -0.39 is 17.5 Å². The van der Waals surface area contributed by atoms with E-state index in [1.54, 1.807) is 31.7 Å². The van der Waals surface area contributed by atoms with E-state index in [1.807, 2.05) is 42.5 Å². The summed E-state index contributed by atoms with van der Waals surface area (Å²) >= 11 is 5.45. The summed E-state index contributed by atoms with van der Waals surface area (Å²) in [5, 5.41) is 7.97. The predicted octanol–water partition coefficient (Wildman–Crippen LogP) is 3.72. The predicted molar refractivity (Wildman–Crippen MR) is 130 cm³/mol. The van der Waals surface area contributed by atoms with Gasteiger partial charge in [-0.25, -0.2) is 4.79 Å². The number of aromatic nitrogens is 2. The molecule has 1 amide bonds. The van der Waals surface area contributed by atoms with E-state index >= 15 is 0 Å². The molecular weight excluding hydrogens is 458 g/mol. The molecule has 1 aromatic heterocycles. The summed E-state index contributed by atoms with van der Waals surface area (Å²) in [6, 6.07) is 13.5. The highest BCUT2D eigenvalue weighted by Crippen LogP contribution is 2.27. The largest absolute Gasteiger partial charge is 0.466 e. The number of nitrogens with zero attached hydrogens (tertiary/aromatic N) is 2. The highest BCUT2D eigenvalue weighted by molar-refractivity contribution is 6.26. The number of rotatable bonds is 8. The lowest BCUT2D eigenvalue weighted by Crippen LogP contribution is -2.47. The molecule has 1 heterocycles. The molecule has 0 spiro atoms. The third kappa shape index (κ3) is 6.02. The maximum atomic E-state index is 12.9. The quantitative estimate of drug-likeness (QED) is 0.298. The second-order valence-corrected chi connectivity index (χ2v) is 8.58. The molecule has 0 saturated heterocycles. The van der Waals surface area contributed by atoms with Crippen molar-refractivity contribution in [2.24, 2.45) is 7.05 Å². The minimum Gasteiger partial charge on any atom is -0.466 e. The number of hydrogen-bond acceptors (Lipinski definition) is 6. The second kappa shape index (κ2) is 10.5. The van der Waals surface area contributed by atoms with Crippen molar-refractivity contribution in [3.8, 4) is 11.1 Å². The van der Waals surface area contributed by atoms with Gasteiger partial charge in [-0.3, -0.25) is 14.3 Å². The molecule has 34 heavy (non-hydrogen) atoms. The van der Waals surface area contributed by atoms with Gasteiger partial charge >= 0.3 is 11.9 Å². The number of fused-ring (bicyclic) bond motifs is 1. The topological polar surface area (TPSA) is 99.5 Å². The Bertz CT molecular complexity index is 1250. The summed E-state index contributed by atoms with van der Waals surface area (Å²) in [6.45, 7) is 3.49. The average Bonchev–Trinajstić information content (AvgIpc) is 3.17. The maximum absolute atomic E-state index is 12.9. The SMILES string of the molecule is COC(=O)/C=C/c1ccc(-c2ccc3c(C(=O)NC(C)(C)COC(=O)CCl)nn(C)c3c2)cc1. The first kappa shape index (κ1) is 25.0. The van der Waals surface area contributed by atoms with Crippen molar-refractivity contribution in [1.29, 1.82) is 0 Å². The molecule has 0 aliphatic carbocycles. The minimum atomic E-state index is -0.799. The average molecular weight is 484 g/mol. The van der Waals surface area contributed by atoms with Crippen molar-refractivity contribution in [2.45, 2.75) is 19.4 Å². The summed E-state index contributed by atoms with van der Waals surface area (Å²) in [4.78, 5) is 35.5. The number of carbonyl (C=O) groups is 3. The van der Waals surface area contributed by atoms with Gasteiger partial charge in [0.05, 0.1) is 18.2 Å². The number of aryl methyl sites for hydroxylation is 1. The van der Waals surface area contributed by atoms with Crippen LogP contribution >= 0.6 is 11.6 Å². The molecule has 1 N–H and O–H groups in total. The van der Waals surface area contributed by atoms with Gasteiger partial charge in [0, 0.05) is 18.5 Å². The van der Waals surface area contributed by atoms with Crippen LogP contribution in [0.15, 0.2) is 48.5 Å². The molecule has 0 radical (unpaired) electrons. The van der Waals surface area contributed by atoms with Crippen LogP contribution in [0.3, 0.4) is 0 Å². The normalized spacial score (nSPS) is 11.6. The molecule has 0 bridgehead atoms. The first-order valence-corrected chi connectivity index (χ1v) is 11.0. The van der Waals surface area contributed by atoms with Crippen molar-refractivity contribution in [2.75, 3.05) is 19.6 Å². The van der Waals surface area contributed by atoms with Crippen molar-refractivity contribution in [3.05, 3.63) is 59.8 Å². The van der Waals surface area contributed by atoms with Crippen LogP contribution in [0, 0.1) is 0 Å². The molecule has 0 aliphatic heterocycles. The van der Waals surface area contributed by atoms with Crippen molar-refractivity contribution in [3.63, 3.8) is 0 Å². The van der Waals surface area contributed by atoms with Gasteiger partial charge in [-0.05, 0) is 48.7 Å². The van der Waals surface area contributed by atoms with Crippen LogP contribution in [0.1, 0.15) is 29.9 Å². The third-order valence-corrected chi connectivity index (χ3v) is 5.30. The number of amides is 1. The Labute approximate surface area is 202 Å². The zero-order valence-electron chi connectivity index (χ0n) is 19.4. The Morgan fingerprint density at radius 2 is 1.79 bits per heavy atom. The highest BCUT2D eigenvalue weighted by atomic mass is 35.5. The number of methoxy groups -OCH3 is 1. The van der Waals surface area contributed by atoms with E-state index in [0.717, 1.165) is 22.2 Å². The minimum absolute atomic E-state index is 0.00990. The molecule has 0 atom stereocenters. The molecule has 8 nitrogen and oxygen atoms in total. The summed E-state index contributed by atoms with van der Waals surface area (Å²) in [5.74, 6) is -1.57. The molecule has 0 fully saturated rings. The van der Waals surface area contributed by atoms with E-state index in [-0.39, 0.29) is 24.1 Å². The van der Waals surface area contributed by atoms with E-state index in [4.69, 9.17) is 16.3 Å². The highest BCUT2D eigenvalue weighted by Gasteiger charge is 2.26. The summed E-state index contributed by atoms with van der Waals surface area (Å²) in [7, 11) is 3.11. The lowest BCUT2D eigenvalue weighted by atomic mass is 10.0. The van der Waals surface area contributed by atoms with Crippen LogP contribution in [-0.4, -0.2) is 52.8 Å². The molecule has 2 aromatic carbocycles. The first-order chi connectivity index (χ1) is 16.1. The van der Waals surface area contributed by atoms with Crippen LogP contribution in [0.2, 0.25) is 0 Å². The van der Waals surface area contributed by atoms with Crippen molar-refractivity contribution < 1.29 is 23.9 Å². The summed E-state index contributed by atoms with van der Waals surface area (Å²) in [6.07, 6.45) is 3.05. The van der Waals surface area contributed by atoms with E-state index in [9.17, 15) is 14.4 Å². The van der Waals surface area contributed by atoms with Crippen molar-refractivity contribution >= 4 is 46.4 Å². The molecule has 0 saturated carbocycles. The maximum Gasteiger partial charge on any atom is 0.330 e. The third-order valence-electron chi connectivity index (χ3n) is 5.08. The summed E-state index contributed by atoms with van der Waals surface area (Å²) < 4.78 is 11.3. The zero-order chi connectivity index (χ0) is 24.9. The van der Waals surface area contributed by atoms with Crippen LogP contribution in [-0.2, 0) is 26.1 Å². The van der Waals surface area contributed by atoms with Crippen molar-refractivity contribution in [1.82, 2.24) is 15.1 Å². The van der Waals surface area contributed by atoms with Gasteiger partial charge in [0.15, 0.2) is 5.69 Å².